The highest BCUT2D eigenvalue weighted by Crippen LogP contribution is 2.22. The Balaban J connectivity index is 4.17. The molecule has 0 heterocycles. The average Bonchev–Trinajstić information content (AvgIpc) is 1.88. The maximum atomic E-state index is 10.7. The Bertz CT molecular complexity index is 140. The van der Waals surface area contributed by atoms with E-state index in [0.717, 1.165) is 0 Å². The maximum absolute atomic E-state index is 10.7. The Hall–Kier alpha value is -0.570. The van der Waals surface area contributed by atoms with Crippen molar-refractivity contribution in [3.8, 4) is 0 Å². The summed E-state index contributed by atoms with van der Waals surface area (Å²) in [6.45, 7) is 7.51. The summed E-state index contributed by atoms with van der Waals surface area (Å²) >= 11 is 0. The third-order valence-corrected chi connectivity index (χ3v) is 1.98. The van der Waals surface area contributed by atoms with Crippen LogP contribution in [0.2, 0.25) is 0 Å². The van der Waals surface area contributed by atoms with Gasteiger partial charge < -0.3 is 9.84 Å². The fourth-order valence-corrected chi connectivity index (χ4v) is 0.632. The van der Waals surface area contributed by atoms with E-state index in [-0.39, 0.29) is 6.10 Å². The molecule has 0 fully saturated rings. The molecule has 0 saturated carbocycles. The molecule has 0 spiro atoms. The van der Waals surface area contributed by atoms with Crippen LogP contribution in [0.1, 0.15) is 27.7 Å². The molecule has 0 aromatic carbocycles. The van der Waals surface area contributed by atoms with Crippen LogP contribution in [-0.2, 0) is 9.53 Å². The van der Waals surface area contributed by atoms with Crippen LogP contribution in [0.4, 0.5) is 0 Å². The van der Waals surface area contributed by atoms with Gasteiger partial charge in [0.1, 0.15) is 0 Å². The first-order valence-electron chi connectivity index (χ1n) is 3.78. The Morgan fingerprint density at radius 1 is 1.64 bits per heavy atom. The maximum Gasteiger partial charge on any atom is 0.311 e. The van der Waals surface area contributed by atoms with Crippen LogP contribution in [0.15, 0.2) is 0 Å². The van der Waals surface area contributed by atoms with Crippen molar-refractivity contribution in [1.29, 1.82) is 0 Å². The van der Waals surface area contributed by atoms with E-state index >= 15 is 0 Å². The van der Waals surface area contributed by atoms with E-state index in [1.807, 2.05) is 6.92 Å². The van der Waals surface area contributed by atoms with Gasteiger partial charge in [0.2, 0.25) is 0 Å². The van der Waals surface area contributed by atoms with Crippen molar-refractivity contribution >= 4 is 5.97 Å². The van der Waals surface area contributed by atoms with Gasteiger partial charge >= 0.3 is 5.97 Å². The molecule has 0 radical (unpaired) electrons. The monoisotopic (exact) mass is 160 g/mol. The third-order valence-electron chi connectivity index (χ3n) is 1.98. The molecule has 0 aliphatic carbocycles. The molecule has 66 valence electrons. The SMILES string of the molecule is CCOC(C)C(C)(C)C(=O)O. The molecule has 0 rings (SSSR count). The van der Waals surface area contributed by atoms with E-state index in [4.69, 9.17) is 9.84 Å². The van der Waals surface area contributed by atoms with Gasteiger partial charge in [0.15, 0.2) is 0 Å². The highest BCUT2D eigenvalue weighted by atomic mass is 16.5. The Morgan fingerprint density at radius 3 is 2.36 bits per heavy atom. The van der Waals surface area contributed by atoms with Crippen molar-refractivity contribution in [2.24, 2.45) is 5.41 Å². The lowest BCUT2D eigenvalue weighted by atomic mass is 9.88. The smallest absolute Gasteiger partial charge is 0.311 e. The van der Waals surface area contributed by atoms with Crippen LogP contribution < -0.4 is 0 Å². The highest BCUT2D eigenvalue weighted by Gasteiger charge is 2.34. The number of aliphatic carboxylic acids is 1. The molecule has 3 nitrogen and oxygen atoms in total. The van der Waals surface area contributed by atoms with E-state index in [2.05, 4.69) is 0 Å². The summed E-state index contributed by atoms with van der Waals surface area (Å²) < 4.78 is 5.19. The first kappa shape index (κ1) is 10.4. The molecule has 0 aromatic rings. The number of hydrogen-bond donors (Lipinski definition) is 1. The largest absolute Gasteiger partial charge is 0.481 e. The lowest BCUT2D eigenvalue weighted by Gasteiger charge is -2.26. The molecular formula is C8H16O3. The summed E-state index contributed by atoms with van der Waals surface area (Å²) in [5, 5.41) is 8.76. The van der Waals surface area contributed by atoms with Crippen LogP contribution in [0, 0.1) is 5.41 Å². The van der Waals surface area contributed by atoms with Crippen LogP contribution in [0.25, 0.3) is 0 Å². The van der Waals surface area contributed by atoms with Crippen molar-refractivity contribution in [2.75, 3.05) is 6.61 Å². The standard InChI is InChI=1S/C8H16O3/c1-5-11-6(2)8(3,4)7(9)10/h6H,5H2,1-4H3,(H,9,10). The van der Waals surface area contributed by atoms with Crippen LogP contribution >= 0.6 is 0 Å². The van der Waals surface area contributed by atoms with Gasteiger partial charge in [0.05, 0.1) is 11.5 Å². The molecule has 1 N–H and O–H groups in total. The van der Waals surface area contributed by atoms with Crippen molar-refractivity contribution in [3.05, 3.63) is 0 Å². The number of carbonyl (C=O) groups is 1. The molecule has 1 unspecified atom stereocenters. The van der Waals surface area contributed by atoms with Gasteiger partial charge in [0.25, 0.3) is 0 Å². The average molecular weight is 160 g/mol. The molecule has 0 amide bonds. The minimum atomic E-state index is -0.821. The predicted molar refractivity (Wildman–Crippen MR) is 42.5 cm³/mol. The highest BCUT2D eigenvalue weighted by molar-refractivity contribution is 5.74. The molecular weight excluding hydrogens is 144 g/mol. The number of carboxylic acid groups (broad SMARTS) is 1. The van der Waals surface area contributed by atoms with Gasteiger partial charge in [-0.05, 0) is 27.7 Å². The Kier molecular flexibility index (Phi) is 3.52. The van der Waals surface area contributed by atoms with E-state index in [1.165, 1.54) is 0 Å². The normalized spacial score (nSPS) is 14.5. The minimum Gasteiger partial charge on any atom is -0.481 e. The fraction of sp³-hybridized carbons (Fsp3) is 0.875. The van der Waals surface area contributed by atoms with Gasteiger partial charge in [-0.15, -0.1) is 0 Å². The zero-order valence-corrected chi connectivity index (χ0v) is 7.55. The molecule has 0 aliphatic rings. The summed E-state index contributed by atoms with van der Waals surface area (Å²) in [7, 11) is 0. The van der Waals surface area contributed by atoms with Gasteiger partial charge in [-0.3, -0.25) is 4.79 Å². The molecule has 11 heavy (non-hydrogen) atoms. The van der Waals surface area contributed by atoms with E-state index in [0.29, 0.717) is 6.61 Å². The molecule has 0 aliphatic heterocycles. The Labute approximate surface area is 67.4 Å². The van der Waals surface area contributed by atoms with Crippen molar-refractivity contribution in [2.45, 2.75) is 33.8 Å². The quantitative estimate of drug-likeness (QED) is 0.678. The molecule has 3 heteroatoms. The third kappa shape index (κ3) is 2.50. The lowest BCUT2D eigenvalue weighted by Crippen LogP contribution is -2.36. The van der Waals surface area contributed by atoms with Crippen molar-refractivity contribution < 1.29 is 14.6 Å². The zero-order valence-electron chi connectivity index (χ0n) is 7.55. The first-order valence-corrected chi connectivity index (χ1v) is 3.78. The number of rotatable bonds is 4. The second-order valence-corrected chi connectivity index (χ2v) is 3.12. The van der Waals surface area contributed by atoms with Gasteiger partial charge in [0, 0.05) is 6.61 Å². The van der Waals surface area contributed by atoms with Crippen LogP contribution in [-0.4, -0.2) is 23.8 Å². The van der Waals surface area contributed by atoms with Gasteiger partial charge in [-0.1, -0.05) is 0 Å². The summed E-state index contributed by atoms with van der Waals surface area (Å²) in [5.74, 6) is -0.821. The summed E-state index contributed by atoms with van der Waals surface area (Å²) in [5.41, 5.74) is -0.796. The van der Waals surface area contributed by atoms with E-state index in [9.17, 15) is 4.79 Å². The fourth-order valence-electron chi connectivity index (χ4n) is 0.632. The second kappa shape index (κ2) is 3.72. The van der Waals surface area contributed by atoms with Gasteiger partial charge in [-0.25, -0.2) is 0 Å². The number of carboxylic acids is 1. The summed E-state index contributed by atoms with van der Waals surface area (Å²) in [4.78, 5) is 10.7. The van der Waals surface area contributed by atoms with Crippen molar-refractivity contribution in [1.82, 2.24) is 0 Å². The number of hydrogen-bond acceptors (Lipinski definition) is 2. The van der Waals surface area contributed by atoms with Gasteiger partial charge in [-0.2, -0.15) is 0 Å². The molecule has 0 aromatic heterocycles. The van der Waals surface area contributed by atoms with E-state index in [1.54, 1.807) is 20.8 Å². The summed E-state index contributed by atoms with van der Waals surface area (Å²) in [6.07, 6.45) is -0.245. The zero-order chi connectivity index (χ0) is 9.07. The van der Waals surface area contributed by atoms with Crippen LogP contribution in [0.3, 0.4) is 0 Å². The Morgan fingerprint density at radius 2 is 2.09 bits per heavy atom. The predicted octanol–water partition coefficient (Wildman–Crippen LogP) is 1.52. The number of ether oxygens (including phenoxy) is 1. The molecule has 1 atom stereocenters. The summed E-state index contributed by atoms with van der Waals surface area (Å²) in [6, 6.07) is 0. The van der Waals surface area contributed by atoms with Crippen LogP contribution in [0.5, 0.6) is 0 Å². The van der Waals surface area contributed by atoms with Crippen molar-refractivity contribution in [3.63, 3.8) is 0 Å². The lowest BCUT2D eigenvalue weighted by molar-refractivity contribution is -0.155. The minimum absolute atomic E-state index is 0.245. The first-order chi connectivity index (χ1) is 4.92. The second-order valence-electron chi connectivity index (χ2n) is 3.12. The van der Waals surface area contributed by atoms with E-state index < -0.39 is 11.4 Å². The topological polar surface area (TPSA) is 46.5 Å². The molecule has 0 saturated heterocycles. The molecule has 0 bridgehead atoms.